The van der Waals surface area contributed by atoms with Crippen LogP contribution in [-0.4, -0.2) is 55.8 Å². The summed E-state index contributed by atoms with van der Waals surface area (Å²) < 4.78 is 12.9. The van der Waals surface area contributed by atoms with E-state index < -0.39 is 5.82 Å². The quantitative estimate of drug-likeness (QED) is 0.858. The summed E-state index contributed by atoms with van der Waals surface area (Å²) in [6, 6.07) is 5.66. The third kappa shape index (κ3) is 5.48. The van der Waals surface area contributed by atoms with Crippen molar-refractivity contribution < 1.29 is 14.0 Å². The van der Waals surface area contributed by atoms with Gasteiger partial charge >= 0.3 is 0 Å². The lowest BCUT2D eigenvalue weighted by Crippen LogP contribution is -2.38. The predicted molar refractivity (Wildman–Crippen MR) is 71.2 cm³/mol. The van der Waals surface area contributed by atoms with E-state index in [-0.39, 0.29) is 24.9 Å². The summed E-state index contributed by atoms with van der Waals surface area (Å²) in [5.41, 5.74) is 0.400. The molecule has 0 spiro atoms. The number of nitrogens with zero attached hydrogens (tertiary/aromatic N) is 2. The number of nitrogens with one attached hydrogen (secondary N) is 1. The van der Waals surface area contributed by atoms with E-state index in [9.17, 15) is 14.0 Å². The number of hydrogen-bond acceptors (Lipinski definition) is 3. The van der Waals surface area contributed by atoms with Crippen LogP contribution in [0.25, 0.3) is 0 Å². The summed E-state index contributed by atoms with van der Waals surface area (Å²) in [5, 5.41) is 2.57. The zero-order chi connectivity index (χ0) is 14.4. The highest BCUT2D eigenvalue weighted by Crippen LogP contribution is 2.08. The topological polar surface area (TPSA) is 52.7 Å². The van der Waals surface area contributed by atoms with Crippen molar-refractivity contribution in [2.24, 2.45) is 0 Å². The molecular weight excluding hydrogens is 249 g/mol. The largest absolute Gasteiger partial charge is 0.348 e. The Morgan fingerprint density at radius 3 is 2.47 bits per heavy atom. The predicted octanol–water partition coefficient (Wildman–Crippen LogP) is 0.784. The summed E-state index contributed by atoms with van der Waals surface area (Å²) in [5.74, 6) is -0.783. The first-order valence-electron chi connectivity index (χ1n) is 5.82. The Balaban J connectivity index is 2.45. The lowest BCUT2D eigenvalue weighted by molar-refractivity contribution is -0.130. The first-order valence-corrected chi connectivity index (χ1v) is 5.82. The Morgan fingerprint density at radius 1 is 1.21 bits per heavy atom. The molecule has 19 heavy (non-hydrogen) atoms. The van der Waals surface area contributed by atoms with Crippen LogP contribution >= 0.6 is 0 Å². The van der Waals surface area contributed by atoms with E-state index in [1.807, 2.05) is 0 Å². The third-order valence-electron chi connectivity index (χ3n) is 2.43. The van der Waals surface area contributed by atoms with Crippen LogP contribution in [-0.2, 0) is 9.59 Å². The minimum Gasteiger partial charge on any atom is -0.348 e. The zero-order valence-electron chi connectivity index (χ0n) is 11.3. The van der Waals surface area contributed by atoms with Gasteiger partial charge in [0.2, 0.25) is 11.8 Å². The molecule has 5 nitrogen and oxygen atoms in total. The van der Waals surface area contributed by atoms with Gasteiger partial charge in [-0.2, -0.15) is 0 Å². The van der Waals surface area contributed by atoms with E-state index in [4.69, 9.17) is 0 Å². The zero-order valence-corrected chi connectivity index (χ0v) is 11.3. The van der Waals surface area contributed by atoms with Crippen LogP contribution in [0.2, 0.25) is 0 Å². The molecule has 1 aromatic rings. The maximum absolute atomic E-state index is 12.9. The number of carbonyl (C=O) groups excluding carboxylic acids is 2. The number of anilines is 1. The average Bonchev–Trinajstić information content (AvgIpc) is 2.27. The van der Waals surface area contributed by atoms with Crippen molar-refractivity contribution in [3.8, 4) is 0 Å². The van der Waals surface area contributed by atoms with Crippen LogP contribution in [0.1, 0.15) is 0 Å². The number of halogens is 1. The third-order valence-corrected chi connectivity index (χ3v) is 2.43. The second kappa shape index (κ2) is 6.84. The molecule has 0 unspecified atom stereocenters. The summed E-state index contributed by atoms with van der Waals surface area (Å²) in [6.07, 6.45) is 0. The van der Waals surface area contributed by atoms with E-state index >= 15 is 0 Å². The number of rotatable bonds is 5. The van der Waals surface area contributed by atoms with Gasteiger partial charge in [-0.1, -0.05) is 6.07 Å². The lowest BCUT2D eigenvalue weighted by Gasteiger charge is -2.18. The normalized spacial score (nSPS) is 10.4. The molecule has 0 radical (unpaired) electrons. The van der Waals surface area contributed by atoms with Crippen LogP contribution < -0.4 is 5.32 Å². The molecule has 0 bridgehead atoms. The molecular formula is C13H18FN3O2. The molecule has 0 atom stereocenters. The molecule has 0 heterocycles. The van der Waals surface area contributed by atoms with Gasteiger partial charge in [-0.3, -0.25) is 14.5 Å². The summed E-state index contributed by atoms with van der Waals surface area (Å²) in [7, 11) is 4.98. The molecule has 0 aliphatic carbocycles. The second-order valence-corrected chi connectivity index (χ2v) is 4.52. The van der Waals surface area contributed by atoms with Crippen LogP contribution in [0.3, 0.4) is 0 Å². The van der Waals surface area contributed by atoms with Crippen molar-refractivity contribution in [3.63, 3.8) is 0 Å². The van der Waals surface area contributed by atoms with E-state index in [1.165, 1.54) is 23.1 Å². The van der Waals surface area contributed by atoms with E-state index in [0.717, 1.165) is 0 Å². The van der Waals surface area contributed by atoms with Gasteiger partial charge in [0.05, 0.1) is 13.1 Å². The fourth-order valence-electron chi connectivity index (χ4n) is 1.44. The first kappa shape index (κ1) is 15.1. The summed E-state index contributed by atoms with van der Waals surface area (Å²) in [4.78, 5) is 26.2. The van der Waals surface area contributed by atoms with Crippen molar-refractivity contribution in [2.45, 2.75) is 0 Å². The van der Waals surface area contributed by atoms with Crippen molar-refractivity contribution in [1.82, 2.24) is 9.80 Å². The smallest absolute Gasteiger partial charge is 0.238 e. The average molecular weight is 267 g/mol. The fraction of sp³-hybridized carbons (Fsp3) is 0.385. The number of carbonyl (C=O) groups is 2. The van der Waals surface area contributed by atoms with Gasteiger partial charge in [0.15, 0.2) is 0 Å². The maximum Gasteiger partial charge on any atom is 0.238 e. The van der Waals surface area contributed by atoms with Crippen LogP contribution in [0.5, 0.6) is 0 Å². The van der Waals surface area contributed by atoms with Crippen LogP contribution in [0, 0.1) is 5.82 Å². The highest BCUT2D eigenvalue weighted by molar-refractivity contribution is 5.92. The first-order chi connectivity index (χ1) is 8.88. The van der Waals surface area contributed by atoms with Gasteiger partial charge in [-0.25, -0.2) is 4.39 Å². The fourth-order valence-corrected chi connectivity index (χ4v) is 1.44. The number of amides is 2. The Morgan fingerprint density at radius 2 is 1.89 bits per heavy atom. The molecule has 0 saturated carbocycles. The van der Waals surface area contributed by atoms with Crippen molar-refractivity contribution in [3.05, 3.63) is 30.1 Å². The molecule has 6 heteroatoms. The maximum atomic E-state index is 12.9. The molecule has 0 aliphatic rings. The minimum absolute atomic E-state index is 0.0656. The monoisotopic (exact) mass is 267 g/mol. The molecule has 2 amide bonds. The molecule has 0 aliphatic heterocycles. The summed E-state index contributed by atoms with van der Waals surface area (Å²) >= 11 is 0. The molecule has 1 N–H and O–H groups in total. The number of likely N-dealkylation sites (N-methyl/N-ethyl adjacent to an activating group) is 2. The number of hydrogen-bond donors (Lipinski definition) is 1. The van der Waals surface area contributed by atoms with Crippen LogP contribution in [0.4, 0.5) is 10.1 Å². The van der Waals surface area contributed by atoms with E-state index in [0.29, 0.717) is 5.69 Å². The van der Waals surface area contributed by atoms with Crippen LogP contribution in [0.15, 0.2) is 24.3 Å². The molecule has 1 aromatic carbocycles. The highest BCUT2D eigenvalue weighted by atomic mass is 19.1. The minimum atomic E-state index is -0.408. The van der Waals surface area contributed by atoms with Gasteiger partial charge in [-0.05, 0) is 25.2 Å². The van der Waals surface area contributed by atoms with Gasteiger partial charge in [0.1, 0.15) is 5.82 Å². The molecule has 0 saturated heterocycles. The Labute approximate surface area is 112 Å². The van der Waals surface area contributed by atoms with Gasteiger partial charge < -0.3 is 10.2 Å². The standard InChI is InChI=1S/C13H18FN3O2/c1-16(2)13(19)9-17(3)8-12(18)15-11-6-4-5-10(14)7-11/h4-7H,8-9H2,1-3H3,(H,15,18). The lowest BCUT2D eigenvalue weighted by atomic mass is 10.3. The highest BCUT2D eigenvalue weighted by Gasteiger charge is 2.12. The Kier molecular flexibility index (Phi) is 5.44. The second-order valence-electron chi connectivity index (χ2n) is 4.52. The van der Waals surface area contributed by atoms with Crippen molar-refractivity contribution >= 4 is 17.5 Å². The Hall–Kier alpha value is -1.95. The number of benzene rings is 1. The Bertz CT molecular complexity index is 463. The van der Waals surface area contributed by atoms with Gasteiger partial charge in [0.25, 0.3) is 0 Å². The van der Waals surface area contributed by atoms with Gasteiger partial charge in [0, 0.05) is 19.8 Å². The molecule has 1 rings (SSSR count). The van der Waals surface area contributed by atoms with Gasteiger partial charge in [-0.15, -0.1) is 0 Å². The SMILES string of the molecule is CN(CC(=O)Nc1cccc(F)c1)CC(=O)N(C)C. The van der Waals surface area contributed by atoms with E-state index in [1.54, 1.807) is 32.1 Å². The molecule has 0 fully saturated rings. The molecule has 0 aromatic heterocycles. The molecule has 104 valence electrons. The van der Waals surface area contributed by atoms with Crippen molar-refractivity contribution in [1.29, 1.82) is 0 Å². The summed E-state index contributed by atoms with van der Waals surface area (Å²) in [6.45, 7) is 0.222. The van der Waals surface area contributed by atoms with Crippen molar-refractivity contribution in [2.75, 3.05) is 39.5 Å². The van der Waals surface area contributed by atoms with E-state index in [2.05, 4.69) is 5.32 Å².